The number of aromatic nitrogens is 2. The monoisotopic (exact) mass is 356 g/mol. The van der Waals surface area contributed by atoms with Crippen LogP contribution in [-0.4, -0.2) is 28.3 Å². The van der Waals surface area contributed by atoms with Crippen LogP contribution in [0.5, 0.6) is 0 Å². The molecule has 0 saturated heterocycles. The summed E-state index contributed by atoms with van der Waals surface area (Å²) in [7, 11) is 0. The van der Waals surface area contributed by atoms with Crippen molar-refractivity contribution >= 4 is 28.8 Å². The van der Waals surface area contributed by atoms with Gasteiger partial charge in [-0.2, -0.15) is 0 Å². The van der Waals surface area contributed by atoms with Crippen molar-refractivity contribution in [3.8, 4) is 0 Å². The van der Waals surface area contributed by atoms with Gasteiger partial charge in [-0.15, -0.1) is 11.3 Å². The number of thiophene rings is 1. The summed E-state index contributed by atoms with van der Waals surface area (Å²) in [6.07, 6.45) is 12.3. The zero-order valence-electron chi connectivity index (χ0n) is 13.8. The first-order valence-electron chi connectivity index (χ1n) is 8.35. The number of anilines is 1. The van der Waals surface area contributed by atoms with E-state index in [0.29, 0.717) is 17.1 Å². The van der Waals surface area contributed by atoms with Gasteiger partial charge < -0.3 is 10.6 Å². The number of hydrogen-bond acceptors (Lipinski definition) is 5. The molecular weight excluding hydrogens is 336 g/mol. The van der Waals surface area contributed by atoms with Gasteiger partial charge >= 0.3 is 0 Å². The number of allylic oxidation sites excluding steroid dienone is 1. The molecule has 3 rings (SSSR count). The fourth-order valence-corrected chi connectivity index (χ4v) is 3.50. The number of amides is 2. The van der Waals surface area contributed by atoms with Gasteiger partial charge in [-0.25, -0.2) is 4.98 Å². The first-order chi connectivity index (χ1) is 12.2. The highest BCUT2D eigenvalue weighted by Gasteiger charge is 2.16. The molecule has 0 aliphatic heterocycles. The Kier molecular flexibility index (Phi) is 5.90. The lowest BCUT2D eigenvalue weighted by molar-refractivity contribution is 0.0959. The predicted octanol–water partition coefficient (Wildman–Crippen LogP) is 3.41. The second-order valence-electron chi connectivity index (χ2n) is 5.82. The molecule has 6 nitrogen and oxygen atoms in total. The SMILES string of the molecule is O=C(Nc1ccsc1C(=O)NCCC1=CCCCC1)c1cnccn1. The van der Waals surface area contributed by atoms with Gasteiger partial charge in [-0.05, 0) is 43.6 Å². The highest BCUT2D eigenvalue weighted by Crippen LogP contribution is 2.23. The summed E-state index contributed by atoms with van der Waals surface area (Å²) in [5.41, 5.74) is 2.13. The van der Waals surface area contributed by atoms with E-state index in [-0.39, 0.29) is 17.5 Å². The number of hydrogen-bond donors (Lipinski definition) is 2. The van der Waals surface area contributed by atoms with Gasteiger partial charge in [0.1, 0.15) is 10.6 Å². The van der Waals surface area contributed by atoms with Crippen molar-refractivity contribution in [2.24, 2.45) is 0 Å². The Morgan fingerprint density at radius 1 is 1.20 bits per heavy atom. The van der Waals surface area contributed by atoms with Crippen molar-refractivity contribution < 1.29 is 9.59 Å². The van der Waals surface area contributed by atoms with Crippen LogP contribution in [0, 0.1) is 0 Å². The molecule has 0 radical (unpaired) electrons. The first kappa shape index (κ1) is 17.3. The van der Waals surface area contributed by atoms with E-state index in [1.165, 1.54) is 48.3 Å². The average molecular weight is 356 g/mol. The topological polar surface area (TPSA) is 84.0 Å². The third kappa shape index (κ3) is 4.73. The zero-order chi connectivity index (χ0) is 17.5. The number of carbonyl (C=O) groups is 2. The van der Waals surface area contributed by atoms with Crippen LogP contribution >= 0.6 is 11.3 Å². The van der Waals surface area contributed by atoms with Gasteiger partial charge in [-0.3, -0.25) is 14.6 Å². The summed E-state index contributed by atoms with van der Waals surface area (Å²) in [5, 5.41) is 7.44. The quantitative estimate of drug-likeness (QED) is 0.777. The molecule has 0 atom stereocenters. The summed E-state index contributed by atoms with van der Waals surface area (Å²) in [5.74, 6) is -0.547. The van der Waals surface area contributed by atoms with Crippen LogP contribution in [0.25, 0.3) is 0 Å². The lowest BCUT2D eigenvalue weighted by Crippen LogP contribution is -2.25. The second-order valence-corrected chi connectivity index (χ2v) is 6.74. The predicted molar refractivity (Wildman–Crippen MR) is 97.8 cm³/mol. The summed E-state index contributed by atoms with van der Waals surface area (Å²) in [4.78, 5) is 32.9. The van der Waals surface area contributed by atoms with E-state index in [1.54, 1.807) is 11.4 Å². The van der Waals surface area contributed by atoms with Crippen LogP contribution in [0.15, 0.2) is 41.7 Å². The van der Waals surface area contributed by atoms with Gasteiger partial charge in [0, 0.05) is 18.9 Å². The molecule has 1 aliphatic carbocycles. The molecule has 130 valence electrons. The van der Waals surface area contributed by atoms with E-state index in [1.807, 2.05) is 0 Å². The molecule has 0 fully saturated rings. The van der Waals surface area contributed by atoms with E-state index < -0.39 is 0 Å². The summed E-state index contributed by atoms with van der Waals surface area (Å²) >= 11 is 1.30. The van der Waals surface area contributed by atoms with E-state index in [4.69, 9.17) is 0 Å². The lowest BCUT2D eigenvalue weighted by Gasteiger charge is -2.13. The Bertz CT molecular complexity index is 770. The van der Waals surface area contributed by atoms with Crippen molar-refractivity contribution in [3.05, 3.63) is 52.3 Å². The molecular formula is C18H20N4O2S. The first-order valence-corrected chi connectivity index (χ1v) is 9.23. The highest BCUT2D eigenvalue weighted by atomic mass is 32.1. The van der Waals surface area contributed by atoms with Crippen molar-refractivity contribution in [1.82, 2.24) is 15.3 Å². The van der Waals surface area contributed by atoms with Crippen LogP contribution in [0.3, 0.4) is 0 Å². The van der Waals surface area contributed by atoms with Crippen molar-refractivity contribution in [1.29, 1.82) is 0 Å². The van der Waals surface area contributed by atoms with Crippen LogP contribution in [0.1, 0.15) is 52.3 Å². The van der Waals surface area contributed by atoms with Gasteiger partial charge in [-0.1, -0.05) is 11.6 Å². The Balaban J connectivity index is 1.56. The van der Waals surface area contributed by atoms with Gasteiger partial charge in [0.15, 0.2) is 0 Å². The number of rotatable bonds is 6. The van der Waals surface area contributed by atoms with E-state index in [2.05, 4.69) is 26.7 Å². The normalized spacial score (nSPS) is 13.8. The largest absolute Gasteiger partial charge is 0.351 e. The maximum absolute atomic E-state index is 12.4. The molecule has 0 bridgehead atoms. The molecule has 2 amide bonds. The molecule has 0 aromatic carbocycles. The van der Waals surface area contributed by atoms with Crippen LogP contribution in [-0.2, 0) is 0 Å². The molecule has 2 N–H and O–H groups in total. The molecule has 2 aromatic heterocycles. The fourth-order valence-electron chi connectivity index (χ4n) is 2.73. The Morgan fingerprint density at radius 2 is 2.12 bits per heavy atom. The molecule has 7 heteroatoms. The molecule has 2 aromatic rings. The van der Waals surface area contributed by atoms with Crippen LogP contribution in [0.4, 0.5) is 5.69 Å². The van der Waals surface area contributed by atoms with E-state index >= 15 is 0 Å². The van der Waals surface area contributed by atoms with Crippen molar-refractivity contribution in [2.75, 3.05) is 11.9 Å². The molecule has 0 saturated carbocycles. The summed E-state index contributed by atoms with van der Waals surface area (Å²) in [6, 6.07) is 1.72. The minimum absolute atomic E-state index is 0.166. The van der Waals surface area contributed by atoms with Crippen LogP contribution < -0.4 is 10.6 Å². The zero-order valence-corrected chi connectivity index (χ0v) is 14.6. The Morgan fingerprint density at radius 3 is 2.88 bits per heavy atom. The molecule has 1 aliphatic rings. The van der Waals surface area contributed by atoms with E-state index in [0.717, 1.165) is 19.3 Å². The van der Waals surface area contributed by atoms with Gasteiger partial charge in [0.2, 0.25) is 0 Å². The average Bonchev–Trinajstić information content (AvgIpc) is 3.11. The standard InChI is InChI=1S/C18H20N4O2S/c23-17(15-12-19-9-10-20-15)22-14-7-11-25-16(14)18(24)21-8-6-13-4-2-1-3-5-13/h4,7,9-12H,1-3,5-6,8H2,(H,21,24)(H,22,23). The highest BCUT2D eigenvalue weighted by molar-refractivity contribution is 7.12. The molecule has 25 heavy (non-hydrogen) atoms. The third-order valence-electron chi connectivity index (χ3n) is 4.03. The third-order valence-corrected chi connectivity index (χ3v) is 4.95. The molecule has 2 heterocycles. The van der Waals surface area contributed by atoms with Crippen molar-refractivity contribution in [2.45, 2.75) is 32.1 Å². The maximum Gasteiger partial charge on any atom is 0.275 e. The van der Waals surface area contributed by atoms with E-state index in [9.17, 15) is 9.59 Å². The minimum Gasteiger partial charge on any atom is -0.351 e. The maximum atomic E-state index is 12.4. The van der Waals surface area contributed by atoms with Gasteiger partial charge in [0.25, 0.3) is 11.8 Å². The number of nitrogens with zero attached hydrogens (tertiary/aromatic N) is 2. The van der Waals surface area contributed by atoms with Crippen molar-refractivity contribution in [3.63, 3.8) is 0 Å². The lowest BCUT2D eigenvalue weighted by atomic mass is 9.97. The molecule has 0 unspecified atom stereocenters. The minimum atomic E-state index is -0.382. The number of carbonyl (C=O) groups excluding carboxylic acids is 2. The summed E-state index contributed by atoms with van der Waals surface area (Å²) < 4.78 is 0. The van der Waals surface area contributed by atoms with Crippen LogP contribution in [0.2, 0.25) is 0 Å². The summed E-state index contributed by atoms with van der Waals surface area (Å²) in [6.45, 7) is 0.611. The fraction of sp³-hybridized carbons (Fsp3) is 0.333. The second kappa shape index (κ2) is 8.53. The molecule has 0 spiro atoms. The Hall–Kier alpha value is -2.54. The smallest absolute Gasteiger partial charge is 0.275 e. The van der Waals surface area contributed by atoms with Gasteiger partial charge in [0.05, 0.1) is 11.9 Å². The Labute approximate surface area is 150 Å². The number of nitrogens with one attached hydrogen (secondary N) is 2.